The van der Waals surface area contributed by atoms with Gasteiger partial charge in [0.1, 0.15) is 0 Å². The summed E-state index contributed by atoms with van der Waals surface area (Å²) in [4.78, 5) is 0.296. The second-order valence-corrected chi connectivity index (χ2v) is 16.2. The fourth-order valence-electron chi connectivity index (χ4n) is 9.80. The molecule has 0 spiro atoms. The van der Waals surface area contributed by atoms with Gasteiger partial charge in [-0.1, -0.05) is 50.6 Å². The second kappa shape index (κ2) is 10.1. The standard InChI is InChI=1S/C32H45F3O4S/c1-20(36)18-28(40(38,39)23-8-6-5-7-9-23)21(2)25-12-13-26-24-11-10-22-19-31(37,32(33,34)35)17-16-29(22,3)27(24)14-15-30(25,26)4/h5-10,20-21,24-28,36-37H,11-19H2,1-4H3/t20-,21-,24-,25+,26-,27-,28?,29-,30+,31-/m0/s1. The largest absolute Gasteiger partial charge is 0.417 e. The predicted molar refractivity (Wildman–Crippen MR) is 149 cm³/mol. The van der Waals surface area contributed by atoms with Crippen molar-refractivity contribution in [1.82, 2.24) is 0 Å². The van der Waals surface area contributed by atoms with E-state index >= 15 is 0 Å². The highest BCUT2D eigenvalue weighted by Crippen LogP contribution is 2.68. The Morgan fingerprint density at radius 3 is 2.30 bits per heavy atom. The number of alkyl halides is 3. The zero-order valence-electron chi connectivity index (χ0n) is 24.1. The maximum atomic E-state index is 13.9. The summed E-state index contributed by atoms with van der Waals surface area (Å²) in [7, 11) is -3.65. The van der Waals surface area contributed by atoms with E-state index in [0.29, 0.717) is 23.2 Å². The van der Waals surface area contributed by atoms with Gasteiger partial charge in [-0.3, -0.25) is 0 Å². The van der Waals surface area contributed by atoms with Gasteiger partial charge in [-0.15, -0.1) is 0 Å². The van der Waals surface area contributed by atoms with Crippen molar-refractivity contribution < 1.29 is 31.8 Å². The fraction of sp³-hybridized carbons (Fsp3) is 0.750. The highest BCUT2D eigenvalue weighted by atomic mass is 32.2. The van der Waals surface area contributed by atoms with Gasteiger partial charge in [0.05, 0.1) is 16.2 Å². The number of allylic oxidation sites excluding steroid dienone is 1. The number of aliphatic hydroxyl groups excluding tert-OH is 1. The summed E-state index contributed by atoms with van der Waals surface area (Å²) in [6.45, 7) is 8.15. The van der Waals surface area contributed by atoms with Crippen molar-refractivity contribution in [1.29, 1.82) is 0 Å². The third kappa shape index (κ3) is 4.68. The van der Waals surface area contributed by atoms with Gasteiger partial charge in [-0.05, 0) is 111 Å². The van der Waals surface area contributed by atoms with Crippen LogP contribution < -0.4 is 0 Å². The van der Waals surface area contributed by atoms with E-state index in [9.17, 15) is 31.8 Å². The van der Waals surface area contributed by atoms with Crippen molar-refractivity contribution in [2.75, 3.05) is 0 Å². The summed E-state index contributed by atoms with van der Waals surface area (Å²) >= 11 is 0. The molecule has 3 fully saturated rings. The molecule has 10 atom stereocenters. The zero-order chi connectivity index (χ0) is 29.3. The number of hydrogen-bond acceptors (Lipinski definition) is 4. The van der Waals surface area contributed by atoms with Crippen LogP contribution in [0.1, 0.15) is 85.5 Å². The van der Waals surface area contributed by atoms with Crippen molar-refractivity contribution in [2.24, 2.45) is 40.4 Å². The molecule has 0 amide bonds. The number of fused-ring (bicyclic) bond motifs is 5. The molecule has 0 radical (unpaired) electrons. The van der Waals surface area contributed by atoms with Crippen molar-refractivity contribution in [3.8, 4) is 0 Å². The van der Waals surface area contributed by atoms with Gasteiger partial charge < -0.3 is 10.2 Å². The third-order valence-corrected chi connectivity index (χ3v) is 14.4. The minimum Gasteiger partial charge on any atom is -0.393 e. The second-order valence-electron chi connectivity index (χ2n) is 14.0. The maximum absolute atomic E-state index is 13.9. The number of benzene rings is 1. The smallest absolute Gasteiger partial charge is 0.393 e. The van der Waals surface area contributed by atoms with Crippen molar-refractivity contribution in [2.45, 2.75) is 114 Å². The van der Waals surface area contributed by atoms with E-state index in [1.54, 1.807) is 37.3 Å². The van der Waals surface area contributed by atoms with Crippen LogP contribution in [0.3, 0.4) is 0 Å². The maximum Gasteiger partial charge on any atom is 0.417 e. The Bertz CT molecular complexity index is 1230. The molecule has 4 nitrogen and oxygen atoms in total. The molecule has 4 aliphatic carbocycles. The average Bonchev–Trinajstić information content (AvgIpc) is 3.24. The minimum atomic E-state index is -4.63. The number of sulfone groups is 1. The molecule has 40 heavy (non-hydrogen) atoms. The Morgan fingerprint density at radius 2 is 1.68 bits per heavy atom. The number of halogens is 3. The van der Waals surface area contributed by atoms with Gasteiger partial charge in [0.15, 0.2) is 15.4 Å². The first kappa shape index (κ1) is 30.1. The van der Waals surface area contributed by atoms with E-state index in [2.05, 4.69) is 20.8 Å². The average molecular weight is 583 g/mol. The highest BCUT2D eigenvalue weighted by molar-refractivity contribution is 7.92. The molecule has 2 N–H and O–H groups in total. The highest BCUT2D eigenvalue weighted by Gasteiger charge is 2.64. The lowest BCUT2D eigenvalue weighted by atomic mass is 9.46. The molecule has 1 unspecified atom stereocenters. The van der Waals surface area contributed by atoms with E-state index in [1.807, 2.05) is 6.08 Å². The van der Waals surface area contributed by atoms with Gasteiger partial charge >= 0.3 is 6.18 Å². The number of aliphatic hydroxyl groups is 2. The minimum absolute atomic E-state index is 0.0627. The Kier molecular flexibility index (Phi) is 7.61. The summed E-state index contributed by atoms with van der Waals surface area (Å²) in [5, 5.41) is 20.1. The first-order valence-corrected chi connectivity index (χ1v) is 16.5. The van der Waals surface area contributed by atoms with Crippen LogP contribution in [0.15, 0.2) is 46.9 Å². The normalized spacial score (nSPS) is 40.3. The molecule has 8 heteroatoms. The molecule has 1 aromatic rings. The van der Waals surface area contributed by atoms with Crippen LogP contribution in [-0.2, 0) is 9.84 Å². The molecule has 0 bridgehead atoms. The summed E-state index contributed by atoms with van der Waals surface area (Å²) in [6, 6.07) is 8.54. The van der Waals surface area contributed by atoms with E-state index in [1.165, 1.54) is 0 Å². The van der Waals surface area contributed by atoms with Crippen molar-refractivity contribution in [3.05, 3.63) is 42.0 Å². The Morgan fingerprint density at radius 1 is 1.00 bits per heavy atom. The van der Waals surface area contributed by atoms with E-state index in [-0.39, 0.29) is 47.8 Å². The van der Waals surface area contributed by atoms with Crippen LogP contribution in [0.2, 0.25) is 0 Å². The molecule has 0 saturated heterocycles. The van der Waals surface area contributed by atoms with Gasteiger partial charge in [-0.2, -0.15) is 13.2 Å². The molecule has 0 aliphatic heterocycles. The van der Waals surface area contributed by atoms with E-state index < -0.39 is 33.0 Å². The van der Waals surface area contributed by atoms with Crippen molar-refractivity contribution in [3.63, 3.8) is 0 Å². The quantitative estimate of drug-likeness (QED) is 0.351. The van der Waals surface area contributed by atoms with Crippen LogP contribution in [-0.4, -0.2) is 41.8 Å². The molecule has 0 heterocycles. The topological polar surface area (TPSA) is 74.6 Å². The predicted octanol–water partition coefficient (Wildman–Crippen LogP) is 7.11. The number of hydrogen-bond donors (Lipinski definition) is 2. The Hall–Kier alpha value is -1.38. The van der Waals surface area contributed by atoms with Crippen LogP contribution in [0, 0.1) is 40.4 Å². The zero-order valence-corrected chi connectivity index (χ0v) is 24.9. The van der Waals surface area contributed by atoms with Crippen molar-refractivity contribution >= 4 is 9.84 Å². The molecule has 4 aliphatic rings. The lowest BCUT2D eigenvalue weighted by Crippen LogP contribution is -2.56. The Balaban J connectivity index is 1.42. The summed E-state index contributed by atoms with van der Waals surface area (Å²) < 4.78 is 68.8. The van der Waals surface area contributed by atoms with Gasteiger partial charge in [0, 0.05) is 6.42 Å². The van der Waals surface area contributed by atoms with Gasteiger partial charge in [-0.25, -0.2) is 8.42 Å². The molecule has 5 rings (SSSR count). The van der Waals surface area contributed by atoms with Crippen LogP contribution in [0.25, 0.3) is 0 Å². The lowest BCUT2D eigenvalue weighted by molar-refractivity contribution is -0.271. The molecular weight excluding hydrogens is 537 g/mol. The summed E-state index contributed by atoms with van der Waals surface area (Å²) in [5.74, 6) is 1.04. The van der Waals surface area contributed by atoms with Gasteiger partial charge in [0.25, 0.3) is 0 Å². The third-order valence-electron chi connectivity index (χ3n) is 12.0. The molecule has 0 aromatic heterocycles. The van der Waals surface area contributed by atoms with Crippen LogP contribution in [0.5, 0.6) is 0 Å². The molecule has 3 saturated carbocycles. The molecule has 224 valence electrons. The Labute approximate surface area is 237 Å². The lowest BCUT2D eigenvalue weighted by Gasteiger charge is -2.59. The fourth-order valence-corrected chi connectivity index (χ4v) is 12.0. The van der Waals surface area contributed by atoms with E-state index in [4.69, 9.17) is 0 Å². The number of rotatable bonds is 6. The molecular formula is C32H45F3O4S. The van der Waals surface area contributed by atoms with Crippen LogP contribution >= 0.6 is 0 Å². The van der Waals surface area contributed by atoms with Crippen LogP contribution in [0.4, 0.5) is 13.2 Å². The first-order valence-electron chi connectivity index (χ1n) is 15.0. The first-order chi connectivity index (χ1) is 18.5. The molecule has 1 aromatic carbocycles. The van der Waals surface area contributed by atoms with E-state index in [0.717, 1.165) is 37.7 Å². The monoisotopic (exact) mass is 582 g/mol. The van der Waals surface area contributed by atoms with Gasteiger partial charge in [0.2, 0.25) is 0 Å². The SMILES string of the molecule is C[C@H](O)CC([C@@H](C)[C@H]1CC[C@H]2[C@@H]3CC=C4C[C@](O)(C(F)(F)F)CC[C@]4(C)[C@H]3CC[C@]12C)S(=O)(=O)c1ccccc1. The summed E-state index contributed by atoms with van der Waals surface area (Å²) in [6.07, 6.45) is 1.06. The summed E-state index contributed by atoms with van der Waals surface area (Å²) in [5.41, 5.74) is -2.26.